The van der Waals surface area contributed by atoms with Crippen LogP contribution in [0.15, 0.2) is 18.2 Å². The van der Waals surface area contributed by atoms with Crippen LogP contribution in [0.2, 0.25) is 0 Å². The molecule has 1 aromatic heterocycles. The molecule has 0 radical (unpaired) electrons. The van der Waals surface area contributed by atoms with Gasteiger partial charge in [0.2, 0.25) is 0 Å². The van der Waals surface area contributed by atoms with Crippen LogP contribution in [0.4, 0.5) is 0 Å². The summed E-state index contributed by atoms with van der Waals surface area (Å²) in [6, 6.07) is 8.03. The molecule has 23 heavy (non-hydrogen) atoms. The Hall–Kier alpha value is -2.52. The van der Waals surface area contributed by atoms with Gasteiger partial charge in [0.15, 0.2) is 11.5 Å². The van der Waals surface area contributed by atoms with E-state index in [0.717, 1.165) is 30.8 Å². The summed E-state index contributed by atoms with van der Waals surface area (Å²) in [5.41, 5.74) is 4.38. The van der Waals surface area contributed by atoms with Gasteiger partial charge in [0.05, 0.1) is 38.9 Å². The van der Waals surface area contributed by atoms with Crippen LogP contribution in [-0.2, 0) is 19.5 Å². The van der Waals surface area contributed by atoms with Gasteiger partial charge in [-0.3, -0.25) is 4.68 Å². The van der Waals surface area contributed by atoms with Crippen LogP contribution >= 0.6 is 0 Å². The Morgan fingerprint density at radius 2 is 2.13 bits per heavy atom. The van der Waals surface area contributed by atoms with Crippen molar-refractivity contribution < 1.29 is 9.47 Å². The Morgan fingerprint density at radius 1 is 1.30 bits per heavy atom. The molecule has 1 aromatic carbocycles. The first kappa shape index (κ1) is 15.4. The highest BCUT2D eigenvalue weighted by Gasteiger charge is 2.22. The normalized spacial score (nSPS) is 13.3. The molecule has 0 aliphatic carbocycles. The number of ether oxygens (including phenoxy) is 2. The van der Waals surface area contributed by atoms with Crippen molar-refractivity contribution in [3.63, 3.8) is 0 Å². The van der Waals surface area contributed by atoms with Crippen molar-refractivity contribution in [1.29, 1.82) is 5.26 Å². The second kappa shape index (κ2) is 6.71. The number of hydrogen-bond donors (Lipinski definition) is 1. The van der Waals surface area contributed by atoms with Crippen molar-refractivity contribution in [2.75, 3.05) is 20.8 Å². The summed E-state index contributed by atoms with van der Waals surface area (Å²) in [6.45, 7) is 2.37. The first-order valence-corrected chi connectivity index (χ1v) is 7.67. The minimum Gasteiger partial charge on any atom is -0.493 e. The van der Waals surface area contributed by atoms with E-state index in [-0.39, 0.29) is 0 Å². The first-order chi connectivity index (χ1) is 11.3. The number of benzene rings is 1. The largest absolute Gasteiger partial charge is 0.493 e. The van der Waals surface area contributed by atoms with Gasteiger partial charge < -0.3 is 14.8 Å². The molecule has 6 nitrogen and oxygen atoms in total. The number of hydrogen-bond acceptors (Lipinski definition) is 5. The Morgan fingerprint density at radius 3 is 2.87 bits per heavy atom. The lowest BCUT2D eigenvalue weighted by atomic mass is 10.0. The van der Waals surface area contributed by atoms with E-state index in [0.29, 0.717) is 24.5 Å². The van der Waals surface area contributed by atoms with Crippen molar-refractivity contribution in [2.45, 2.75) is 25.9 Å². The second-order valence-corrected chi connectivity index (χ2v) is 5.40. The van der Waals surface area contributed by atoms with Gasteiger partial charge >= 0.3 is 0 Å². The molecule has 0 bridgehead atoms. The topological polar surface area (TPSA) is 72.1 Å². The molecule has 1 N–H and O–H groups in total. The SMILES string of the molecule is COc1ccc(-c2nn(CCC#N)c3c2CNCC3)cc1OC. The van der Waals surface area contributed by atoms with Crippen LogP contribution in [-0.4, -0.2) is 30.5 Å². The molecule has 0 saturated heterocycles. The van der Waals surface area contributed by atoms with Gasteiger partial charge in [0.1, 0.15) is 0 Å². The first-order valence-electron chi connectivity index (χ1n) is 7.67. The molecular weight excluding hydrogens is 292 g/mol. The second-order valence-electron chi connectivity index (χ2n) is 5.40. The highest BCUT2D eigenvalue weighted by Crippen LogP contribution is 2.34. The Balaban J connectivity index is 2.05. The molecule has 0 unspecified atom stereocenters. The maximum atomic E-state index is 8.85. The minimum absolute atomic E-state index is 0.465. The van der Waals surface area contributed by atoms with E-state index in [9.17, 15) is 0 Å². The highest BCUT2D eigenvalue weighted by molar-refractivity contribution is 5.68. The molecule has 0 amide bonds. The van der Waals surface area contributed by atoms with Gasteiger partial charge in [0.25, 0.3) is 0 Å². The molecule has 1 aliphatic rings. The molecule has 1 aliphatic heterocycles. The summed E-state index contributed by atoms with van der Waals surface area (Å²) < 4.78 is 12.7. The predicted molar refractivity (Wildman–Crippen MR) is 86.4 cm³/mol. The van der Waals surface area contributed by atoms with Crippen LogP contribution in [0.3, 0.4) is 0 Å². The van der Waals surface area contributed by atoms with E-state index in [1.54, 1.807) is 14.2 Å². The molecule has 0 spiro atoms. The molecule has 2 heterocycles. The third-order valence-electron chi connectivity index (χ3n) is 4.10. The van der Waals surface area contributed by atoms with Crippen molar-refractivity contribution in [3.8, 4) is 28.8 Å². The Labute approximate surface area is 135 Å². The number of rotatable bonds is 5. The van der Waals surface area contributed by atoms with Crippen LogP contribution in [0.1, 0.15) is 17.7 Å². The maximum Gasteiger partial charge on any atom is 0.161 e. The monoisotopic (exact) mass is 312 g/mol. The summed E-state index contributed by atoms with van der Waals surface area (Å²) in [6.07, 6.45) is 1.40. The lowest BCUT2D eigenvalue weighted by Crippen LogP contribution is -2.25. The molecular formula is C17H20N4O2. The fourth-order valence-corrected chi connectivity index (χ4v) is 2.98. The number of nitrogens with zero attached hydrogens (tertiary/aromatic N) is 3. The van der Waals surface area contributed by atoms with Crippen LogP contribution in [0.5, 0.6) is 11.5 Å². The third kappa shape index (κ3) is 2.88. The zero-order valence-electron chi connectivity index (χ0n) is 13.4. The summed E-state index contributed by atoms with van der Waals surface area (Å²) >= 11 is 0. The average Bonchev–Trinajstić information content (AvgIpc) is 2.98. The fourth-order valence-electron chi connectivity index (χ4n) is 2.98. The number of fused-ring (bicyclic) bond motifs is 1. The van der Waals surface area contributed by atoms with Crippen LogP contribution < -0.4 is 14.8 Å². The number of nitriles is 1. The Kier molecular flexibility index (Phi) is 4.49. The van der Waals surface area contributed by atoms with Crippen LogP contribution in [0, 0.1) is 11.3 Å². The lowest BCUT2D eigenvalue weighted by Gasteiger charge is -2.15. The summed E-state index contributed by atoms with van der Waals surface area (Å²) in [4.78, 5) is 0. The number of aromatic nitrogens is 2. The lowest BCUT2D eigenvalue weighted by molar-refractivity contribution is 0.355. The zero-order valence-corrected chi connectivity index (χ0v) is 13.4. The number of methoxy groups -OCH3 is 2. The molecule has 2 aromatic rings. The van der Waals surface area contributed by atoms with Crippen molar-refractivity contribution in [3.05, 3.63) is 29.5 Å². The van der Waals surface area contributed by atoms with E-state index in [2.05, 4.69) is 11.4 Å². The smallest absolute Gasteiger partial charge is 0.161 e. The number of aryl methyl sites for hydroxylation is 1. The maximum absolute atomic E-state index is 8.85. The summed E-state index contributed by atoms with van der Waals surface area (Å²) in [5, 5.41) is 17.0. The van der Waals surface area contributed by atoms with Gasteiger partial charge in [0, 0.05) is 36.3 Å². The standard InChI is InChI=1S/C17H20N4O2/c1-22-15-5-4-12(10-16(15)23-2)17-13-11-19-8-6-14(13)21(20-17)9-3-7-18/h4-5,10,19H,3,6,8-9,11H2,1-2H3. The van der Waals surface area contributed by atoms with Gasteiger partial charge in [-0.15, -0.1) is 0 Å². The fraction of sp³-hybridized carbons (Fsp3) is 0.412. The molecule has 6 heteroatoms. The predicted octanol–water partition coefficient (Wildman–Crippen LogP) is 2.13. The minimum atomic E-state index is 0.465. The molecule has 3 rings (SSSR count). The zero-order chi connectivity index (χ0) is 16.2. The molecule has 0 atom stereocenters. The van der Waals surface area contributed by atoms with Crippen molar-refractivity contribution in [1.82, 2.24) is 15.1 Å². The molecule has 120 valence electrons. The van der Waals surface area contributed by atoms with E-state index in [1.165, 1.54) is 11.3 Å². The average molecular weight is 312 g/mol. The third-order valence-corrected chi connectivity index (χ3v) is 4.10. The van der Waals surface area contributed by atoms with Gasteiger partial charge in [-0.25, -0.2) is 0 Å². The van der Waals surface area contributed by atoms with Gasteiger partial charge in [-0.2, -0.15) is 10.4 Å². The van der Waals surface area contributed by atoms with E-state index in [1.807, 2.05) is 22.9 Å². The molecule has 0 fully saturated rings. The highest BCUT2D eigenvalue weighted by atomic mass is 16.5. The van der Waals surface area contributed by atoms with Crippen molar-refractivity contribution >= 4 is 0 Å². The summed E-state index contributed by atoms with van der Waals surface area (Å²) in [7, 11) is 3.25. The van der Waals surface area contributed by atoms with Crippen LogP contribution in [0.25, 0.3) is 11.3 Å². The van der Waals surface area contributed by atoms with Crippen molar-refractivity contribution in [2.24, 2.45) is 0 Å². The Bertz CT molecular complexity index is 746. The van der Waals surface area contributed by atoms with E-state index < -0.39 is 0 Å². The molecule has 0 saturated carbocycles. The number of nitrogens with one attached hydrogen (secondary N) is 1. The summed E-state index contributed by atoms with van der Waals surface area (Å²) in [5.74, 6) is 1.39. The van der Waals surface area contributed by atoms with Gasteiger partial charge in [-0.05, 0) is 18.2 Å². The quantitative estimate of drug-likeness (QED) is 0.915. The van der Waals surface area contributed by atoms with E-state index in [4.69, 9.17) is 19.8 Å². The van der Waals surface area contributed by atoms with E-state index >= 15 is 0 Å². The van der Waals surface area contributed by atoms with Gasteiger partial charge in [-0.1, -0.05) is 0 Å².